The highest BCUT2D eigenvalue weighted by Crippen LogP contribution is 2.52. The summed E-state index contributed by atoms with van der Waals surface area (Å²) in [4.78, 5) is 10.8. The van der Waals surface area contributed by atoms with E-state index in [9.17, 15) is 0 Å². The van der Waals surface area contributed by atoms with E-state index in [-0.39, 0.29) is 5.41 Å². The van der Waals surface area contributed by atoms with Gasteiger partial charge in [0.15, 0.2) is 5.82 Å². The lowest BCUT2D eigenvalue weighted by Crippen LogP contribution is -2.15. The third-order valence-corrected chi connectivity index (χ3v) is 12.1. The highest BCUT2D eigenvalue weighted by molar-refractivity contribution is 6.06. The van der Waals surface area contributed by atoms with E-state index in [0.717, 1.165) is 39.0 Å². The van der Waals surface area contributed by atoms with Crippen LogP contribution in [0.4, 0.5) is 0 Å². The molecule has 0 amide bonds. The molecule has 11 rings (SSSR count). The summed E-state index contributed by atoms with van der Waals surface area (Å²) in [7, 11) is 0. The Hall–Kier alpha value is -7.16. The van der Waals surface area contributed by atoms with Gasteiger partial charge in [0.05, 0.1) is 11.4 Å². The minimum absolute atomic E-state index is 0.120. The normalized spacial score (nSPS) is 12.9. The third-order valence-electron chi connectivity index (χ3n) is 12.1. The Kier molecular flexibility index (Phi) is 7.55. The minimum atomic E-state index is -0.120. The standard InChI is InChI=1S/C55H38N2/c1-55(2)49-31-27-37-17-7-9-22-43(37)53(49)48-28-26-39(33-50(48)55)42-29-30-47(45-24-11-10-23-44(42)45)54-56-51(40-20-12-19-38(32-40)35-14-4-3-5-15-35)34-52(57-54)46-25-13-18-36-16-6-8-21-41(36)46/h3-34H,1-2H3. The van der Waals surface area contributed by atoms with Crippen molar-refractivity contribution in [3.63, 3.8) is 0 Å². The molecule has 2 heteroatoms. The van der Waals surface area contributed by atoms with Crippen molar-refractivity contribution in [3.8, 4) is 67.3 Å². The van der Waals surface area contributed by atoms with Crippen molar-refractivity contribution in [2.45, 2.75) is 19.3 Å². The zero-order chi connectivity index (χ0) is 38.1. The van der Waals surface area contributed by atoms with Crippen molar-refractivity contribution in [2.75, 3.05) is 0 Å². The van der Waals surface area contributed by atoms with Crippen LogP contribution in [0, 0.1) is 0 Å². The van der Waals surface area contributed by atoms with Gasteiger partial charge in [-0.05, 0) is 101 Å². The molecule has 9 aromatic carbocycles. The first-order valence-electron chi connectivity index (χ1n) is 19.7. The number of rotatable bonds is 5. The number of hydrogen-bond donors (Lipinski definition) is 0. The molecule has 1 aromatic heterocycles. The zero-order valence-corrected chi connectivity index (χ0v) is 31.9. The van der Waals surface area contributed by atoms with Crippen molar-refractivity contribution in [2.24, 2.45) is 0 Å². The Morgan fingerprint density at radius 3 is 1.75 bits per heavy atom. The lowest BCUT2D eigenvalue weighted by Gasteiger charge is -2.22. The number of hydrogen-bond acceptors (Lipinski definition) is 2. The number of fused-ring (bicyclic) bond motifs is 7. The van der Waals surface area contributed by atoms with Crippen molar-refractivity contribution >= 4 is 32.3 Å². The minimum Gasteiger partial charge on any atom is -0.228 e. The first-order chi connectivity index (χ1) is 28.0. The predicted octanol–water partition coefficient (Wildman–Crippen LogP) is 14.6. The molecule has 10 aromatic rings. The molecule has 0 bridgehead atoms. The zero-order valence-electron chi connectivity index (χ0n) is 31.9. The van der Waals surface area contributed by atoms with Gasteiger partial charge < -0.3 is 0 Å². The predicted molar refractivity (Wildman–Crippen MR) is 239 cm³/mol. The molecule has 268 valence electrons. The Labute approximate surface area is 332 Å². The SMILES string of the molecule is CC1(C)c2cc(-c3ccc(-c4nc(-c5cccc(-c6ccccc6)c5)cc(-c5cccc6ccccc56)n4)c4ccccc34)ccc2-c2c1ccc1ccccc21. The summed E-state index contributed by atoms with van der Waals surface area (Å²) in [6.07, 6.45) is 0. The van der Waals surface area contributed by atoms with Crippen LogP contribution < -0.4 is 0 Å². The molecule has 0 spiro atoms. The Balaban J connectivity index is 1.09. The Bertz CT molecular complexity index is 3210. The summed E-state index contributed by atoms with van der Waals surface area (Å²) >= 11 is 0. The van der Waals surface area contributed by atoms with E-state index in [4.69, 9.17) is 9.97 Å². The summed E-state index contributed by atoms with van der Waals surface area (Å²) in [5.74, 6) is 0.709. The van der Waals surface area contributed by atoms with Gasteiger partial charge in [0.25, 0.3) is 0 Å². The van der Waals surface area contributed by atoms with Gasteiger partial charge in [0.1, 0.15) is 0 Å². The highest BCUT2D eigenvalue weighted by atomic mass is 14.9. The molecule has 57 heavy (non-hydrogen) atoms. The van der Waals surface area contributed by atoms with Crippen molar-refractivity contribution in [3.05, 3.63) is 205 Å². The maximum Gasteiger partial charge on any atom is 0.161 e. The average Bonchev–Trinajstić information content (AvgIpc) is 3.51. The van der Waals surface area contributed by atoms with Crippen LogP contribution >= 0.6 is 0 Å². The number of nitrogens with zero attached hydrogens (tertiary/aromatic N) is 2. The molecular weight excluding hydrogens is 689 g/mol. The van der Waals surface area contributed by atoms with E-state index >= 15 is 0 Å². The summed E-state index contributed by atoms with van der Waals surface area (Å²) < 4.78 is 0. The molecule has 0 fully saturated rings. The van der Waals surface area contributed by atoms with E-state index in [1.165, 1.54) is 65.9 Å². The molecule has 0 saturated carbocycles. The van der Waals surface area contributed by atoms with Crippen LogP contribution in [0.3, 0.4) is 0 Å². The topological polar surface area (TPSA) is 25.8 Å². The fourth-order valence-electron chi connectivity index (χ4n) is 9.21. The fraction of sp³-hybridized carbons (Fsp3) is 0.0545. The summed E-state index contributed by atoms with van der Waals surface area (Å²) in [6.45, 7) is 4.73. The van der Waals surface area contributed by atoms with Gasteiger partial charge in [-0.1, -0.05) is 184 Å². The summed E-state index contributed by atoms with van der Waals surface area (Å²) in [6, 6.07) is 70.1. The van der Waals surface area contributed by atoms with Crippen LogP contribution in [0.1, 0.15) is 25.0 Å². The quantitative estimate of drug-likeness (QED) is 0.176. The van der Waals surface area contributed by atoms with Gasteiger partial charge in [-0.25, -0.2) is 9.97 Å². The molecule has 0 aliphatic heterocycles. The first-order valence-corrected chi connectivity index (χ1v) is 19.7. The van der Waals surface area contributed by atoms with E-state index in [0.29, 0.717) is 5.82 Å². The largest absolute Gasteiger partial charge is 0.228 e. The first kappa shape index (κ1) is 33.2. The van der Waals surface area contributed by atoms with E-state index in [2.05, 4.69) is 208 Å². The second-order valence-electron chi connectivity index (χ2n) is 15.7. The highest BCUT2D eigenvalue weighted by Gasteiger charge is 2.36. The van der Waals surface area contributed by atoms with Gasteiger partial charge in [-0.2, -0.15) is 0 Å². The van der Waals surface area contributed by atoms with Gasteiger partial charge in [-0.15, -0.1) is 0 Å². The monoisotopic (exact) mass is 726 g/mol. The molecule has 0 atom stereocenters. The van der Waals surface area contributed by atoms with E-state index < -0.39 is 0 Å². The molecule has 1 aliphatic rings. The van der Waals surface area contributed by atoms with Crippen molar-refractivity contribution in [1.29, 1.82) is 0 Å². The van der Waals surface area contributed by atoms with Crippen LogP contribution in [-0.4, -0.2) is 9.97 Å². The maximum absolute atomic E-state index is 5.39. The van der Waals surface area contributed by atoms with Gasteiger partial charge in [-0.3, -0.25) is 0 Å². The second kappa shape index (κ2) is 13.0. The Morgan fingerprint density at radius 2 is 0.930 bits per heavy atom. The summed E-state index contributed by atoms with van der Waals surface area (Å²) in [5, 5.41) is 7.27. The molecule has 2 nitrogen and oxygen atoms in total. The van der Waals surface area contributed by atoms with Crippen LogP contribution in [0.2, 0.25) is 0 Å². The molecular formula is C55H38N2. The third kappa shape index (κ3) is 5.40. The van der Waals surface area contributed by atoms with E-state index in [1.54, 1.807) is 0 Å². The van der Waals surface area contributed by atoms with Crippen LogP contribution in [0.5, 0.6) is 0 Å². The van der Waals surface area contributed by atoms with Crippen LogP contribution in [0.25, 0.3) is 99.6 Å². The maximum atomic E-state index is 5.39. The van der Waals surface area contributed by atoms with Gasteiger partial charge >= 0.3 is 0 Å². The smallest absolute Gasteiger partial charge is 0.161 e. The lowest BCUT2D eigenvalue weighted by molar-refractivity contribution is 0.661. The molecule has 0 N–H and O–H groups in total. The van der Waals surface area contributed by atoms with Crippen molar-refractivity contribution < 1.29 is 0 Å². The fourth-order valence-corrected chi connectivity index (χ4v) is 9.21. The molecule has 1 aliphatic carbocycles. The van der Waals surface area contributed by atoms with Crippen molar-refractivity contribution in [1.82, 2.24) is 9.97 Å². The molecule has 0 saturated heterocycles. The van der Waals surface area contributed by atoms with Gasteiger partial charge in [0.2, 0.25) is 0 Å². The van der Waals surface area contributed by atoms with Gasteiger partial charge in [0, 0.05) is 22.1 Å². The van der Waals surface area contributed by atoms with Crippen LogP contribution in [0.15, 0.2) is 194 Å². The second-order valence-corrected chi connectivity index (χ2v) is 15.7. The molecule has 0 unspecified atom stereocenters. The molecule has 0 radical (unpaired) electrons. The average molecular weight is 727 g/mol. The Morgan fingerprint density at radius 1 is 0.333 bits per heavy atom. The van der Waals surface area contributed by atoms with Crippen LogP contribution in [-0.2, 0) is 5.41 Å². The lowest BCUT2D eigenvalue weighted by atomic mass is 9.81. The summed E-state index contributed by atoms with van der Waals surface area (Å²) in [5.41, 5.74) is 15.0. The number of benzene rings is 9. The number of aromatic nitrogens is 2. The molecule has 1 heterocycles. The van der Waals surface area contributed by atoms with E-state index in [1.807, 2.05) is 0 Å².